The van der Waals surface area contributed by atoms with Crippen molar-refractivity contribution < 1.29 is 13.5 Å². The second kappa shape index (κ2) is 2.50. The van der Waals surface area contributed by atoms with E-state index in [4.69, 9.17) is 0 Å². The molecule has 0 saturated carbocycles. The summed E-state index contributed by atoms with van der Waals surface area (Å²) < 4.78 is 29.6. The van der Waals surface area contributed by atoms with Gasteiger partial charge in [0.05, 0.1) is 0 Å². The summed E-state index contributed by atoms with van der Waals surface area (Å²) in [6.45, 7) is 0. The molecule has 1 aliphatic rings. The zero-order valence-corrected chi connectivity index (χ0v) is 5.60. The maximum Gasteiger partial charge on any atom is 0.232 e. The van der Waals surface area contributed by atoms with E-state index in [1.165, 1.54) is 7.11 Å². The van der Waals surface area contributed by atoms with Gasteiger partial charge < -0.3 is 4.74 Å². The van der Waals surface area contributed by atoms with Crippen LogP contribution in [0.5, 0.6) is 0 Å². The third-order valence-corrected chi connectivity index (χ3v) is 1.41. The Bertz CT molecular complexity index is 186. The third kappa shape index (κ3) is 1.42. The highest BCUT2D eigenvalue weighted by Gasteiger charge is 2.26. The van der Waals surface area contributed by atoms with Gasteiger partial charge in [-0.25, -0.2) is 8.78 Å². The highest BCUT2D eigenvalue weighted by molar-refractivity contribution is 5.20. The number of hydrogen-bond donors (Lipinski definition) is 0. The highest BCUT2D eigenvalue weighted by atomic mass is 19.2. The monoisotopic (exact) mass is 146 g/mol. The molecule has 0 spiro atoms. The number of halogens is 2. The molecule has 1 aliphatic carbocycles. The van der Waals surface area contributed by atoms with Gasteiger partial charge >= 0.3 is 0 Å². The molecule has 0 N–H and O–H groups in total. The van der Waals surface area contributed by atoms with Crippen LogP contribution in [-0.2, 0) is 4.74 Å². The molecule has 0 heterocycles. The Morgan fingerprint density at radius 1 is 1.70 bits per heavy atom. The van der Waals surface area contributed by atoms with E-state index in [1.807, 2.05) is 0 Å². The van der Waals surface area contributed by atoms with Crippen molar-refractivity contribution in [3.8, 4) is 0 Å². The second-order valence-corrected chi connectivity index (χ2v) is 2.12. The van der Waals surface area contributed by atoms with Crippen molar-refractivity contribution in [1.82, 2.24) is 0 Å². The number of ether oxygens (including phenoxy) is 1. The lowest BCUT2D eigenvalue weighted by atomic mass is 10.1. The molecule has 0 aromatic rings. The average molecular weight is 146 g/mol. The van der Waals surface area contributed by atoms with Gasteiger partial charge in [0.2, 0.25) is 5.85 Å². The van der Waals surface area contributed by atoms with E-state index in [1.54, 1.807) is 0 Å². The Balaban J connectivity index is 2.67. The average Bonchev–Trinajstić information content (AvgIpc) is 1.96. The first-order chi connectivity index (χ1) is 4.66. The van der Waals surface area contributed by atoms with Crippen LogP contribution >= 0.6 is 0 Å². The number of allylic oxidation sites excluding steroid dienone is 2. The highest BCUT2D eigenvalue weighted by Crippen LogP contribution is 2.25. The van der Waals surface area contributed by atoms with Crippen LogP contribution in [0.2, 0.25) is 0 Å². The van der Waals surface area contributed by atoms with Crippen LogP contribution < -0.4 is 0 Å². The maximum atomic E-state index is 13.0. The van der Waals surface area contributed by atoms with E-state index in [-0.39, 0.29) is 6.42 Å². The van der Waals surface area contributed by atoms with Gasteiger partial charge in [-0.15, -0.1) is 0 Å². The molecule has 10 heavy (non-hydrogen) atoms. The molecule has 1 atom stereocenters. The fourth-order valence-electron chi connectivity index (χ4n) is 0.728. The molecule has 56 valence electrons. The quantitative estimate of drug-likeness (QED) is 0.550. The number of rotatable bonds is 1. The Labute approximate surface area is 58.0 Å². The fraction of sp³-hybridized carbons (Fsp3) is 0.429. The van der Waals surface area contributed by atoms with Crippen LogP contribution in [0, 0.1) is 0 Å². The van der Waals surface area contributed by atoms with Crippen molar-refractivity contribution in [2.24, 2.45) is 0 Å². The lowest BCUT2D eigenvalue weighted by Gasteiger charge is -2.19. The molecule has 0 saturated heterocycles. The van der Waals surface area contributed by atoms with E-state index in [0.717, 1.165) is 18.2 Å². The van der Waals surface area contributed by atoms with Crippen molar-refractivity contribution in [3.05, 3.63) is 24.1 Å². The van der Waals surface area contributed by atoms with E-state index >= 15 is 0 Å². The third-order valence-electron chi connectivity index (χ3n) is 1.41. The minimum atomic E-state index is -1.80. The van der Waals surface area contributed by atoms with Gasteiger partial charge in [0.15, 0.2) is 0 Å². The second-order valence-electron chi connectivity index (χ2n) is 2.12. The Kier molecular flexibility index (Phi) is 1.85. The number of hydrogen-bond acceptors (Lipinski definition) is 1. The molecule has 1 unspecified atom stereocenters. The smallest absolute Gasteiger partial charge is 0.232 e. The lowest BCUT2D eigenvalue weighted by Crippen LogP contribution is -2.22. The minimum absolute atomic E-state index is 0.0498. The molecule has 0 aliphatic heterocycles. The van der Waals surface area contributed by atoms with Crippen LogP contribution in [0.3, 0.4) is 0 Å². The zero-order valence-electron chi connectivity index (χ0n) is 5.60. The summed E-state index contributed by atoms with van der Waals surface area (Å²) in [7, 11) is 1.25. The van der Waals surface area contributed by atoms with E-state index in [9.17, 15) is 8.78 Å². The molecule has 0 bridgehead atoms. The minimum Gasteiger partial charge on any atom is -0.346 e. The summed E-state index contributed by atoms with van der Waals surface area (Å²) in [4.78, 5) is 0. The lowest BCUT2D eigenvalue weighted by molar-refractivity contribution is -0.0773. The molecule has 1 nitrogen and oxygen atoms in total. The van der Waals surface area contributed by atoms with Gasteiger partial charge in [-0.2, -0.15) is 0 Å². The van der Waals surface area contributed by atoms with Gasteiger partial charge in [-0.3, -0.25) is 0 Å². The van der Waals surface area contributed by atoms with Crippen LogP contribution in [0.1, 0.15) is 6.42 Å². The van der Waals surface area contributed by atoms with E-state index in [0.29, 0.717) is 0 Å². The molecule has 0 aromatic heterocycles. The maximum absolute atomic E-state index is 13.0. The SMILES string of the molecule is COC1(F)C=CC(F)=CC1. The van der Waals surface area contributed by atoms with Crippen molar-refractivity contribution in [2.45, 2.75) is 12.3 Å². The summed E-state index contributed by atoms with van der Waals surface area (Å²) in [5.74, 6) is -2.21. The Morgan fingerprint density at radius 3 is 2.80 bits per heavy atom. The number of alkyl halides is 1. The number of methoxy groups -OCH3 is 1. The summed E-state index contributed by atoms with van der Waals surface area (Å²) in [6.07, 6.45) is 3.24. The predicted molar refractivity (Wildman–Crippen MR) is 33.8 cm³/mol. The van der Waals surface area contributed by atoms with Crippen LogP contribution in [-0.4, -0.2) is 13.0 Å². The standard InChI is InChI=1S/C7H8F2O/c1-10-7(9)4-2-6(8)3-5-7/h2-4H,5H2,1H3. The first kappa shape index (κ1) is 7.41. The first-order valence-corrected chi connectivity index (χ1v) is 2.95. The molecule has 0 aromatic carbocycles. The zero-order chi connectivity index (χ0) is 7.61. The molecule has 0 radical (unpaired) electrons. The van der Waals surface area contributed by atoms with Gasteiger partial charge in [0, 0.05) is 13.5 Å². The summed E-state index contributed by atoms with van der Waals surface area (Å²) >= 11 is 0. The van der Waals surface area contributed by atoms with E-state index < -0.39 is 11.7 Å². The van der Waals surface area contributed by atoms with Crippen LogP contribution in [0.15, 0.2) is 24.1 Å². The summed E-state index contributed by atoms with van der Waals surface area (Å²) in [5.41, 5.74) is 0. The van der Waals surface area contributed by atoms with E-state index in [2.05, 4.69) is 4.74 Å². The molecule has 0 amide bonds. The Hall–Kier alpha value is -0.700. The van der Waals surface area contributed by atoms with Crippen molar-refractivity contribution in [1.29, 1.82) is 0 Å². The normalized spacial score (nSPS) is 32.1. The van der Waals surface area contributed by atoms with Gasteiger partial charge in [-0.05, 0) is 18.2 Å². The van der Waals surface area contributed by atoms with Crippen molar-refractivity contribution in [3.63, 3.8) is 0 Å². The van der Waals surface area contributed by atoms with Gasteiger partial charge in [0.25, 0.3) is 0 Å². The molecular formula is C7H8F2O. The first-order valence-electron chi connectivity index (χ1n) is 2.95. The van der Waals surface area contributed by atoms with Gasteiger partial charge in [-0.1, -0.05) is 0 Å². The molecule has 0 fully saturated rings. The summed E-state index contributed by atoms with van der Waals surface area (Å²) in [6, 6.07) is 0. The van der Waals surface area contributed by atoms with Crippen LogP contribution in [0.25, 0.3) is 0 Å². The van der Waals surface area contributed by atoms with Crippen molar-refractivity contribution >= 4 is 0 Å². The van der Waals surface area contributed by atoms with Crippen molar-refractivity contribution in [2.75, 3.05) is 7.11 Å². The largest absolute Gasteiger partial charge is 0.346 e. The fourth-order valence-corrected chi connectivity index (χ4v) is 0.728. The Morgan fingerprint density at radius 2 is 2.40 bits per heavy atom. The topological polar surface area (TPSA) is 9.23 Å². The molecule has 3 heteroatoms. The predicted octanol–water partition coefficient (Wildman–Crippen LogP) is 2.11. The summed E-state index contributed by atoms with van der Waals surface area (Å²) in [5, 5.41) is 0. The molecule has 1 rings (SSSR count). The van der Waals surface area contributed by atoms with Crippen LogP contribution in [0.4, 0.5) is 8.78 Å². The molecular weight excluding hydrogens is 138 g/mol. The van der Waals surface area contributed by atoms with Gasteiger partial charge in [0.1, 0.15) is 5.83 Å².